The van der Waals surface area contributed by atoms with Crippen LogP contribution < -0.4 is 0 Å². The number of hydrogen-bond donors (Lipinski definition) is 0. The van der Waals surface area contributed by atoms with Crippen LogP contribution in [-0.2, 0) is 11.3 Å². The fourth-order valence-electron chi connectivity index (χ4n) is 4.64. The summed E-state index contributed by atoms with van der Waals surface area (Å²) in [7, 11) is 1.99. The van der Waals surface area contributed by atoms with Gasteiger partial charge >= 0.3 is 0 Å². The van der Waals surface area contributed by atoms with E-state index in [-0.39, 0.29) is 5.92 Å². The van der Waals surface area contributed by atoms with Crippen LogP contribution in [0.25, 0.3) is 0 Å². The first-order valence-electron chi connectivity index (χ1n) is 10.9. The predicted molar refractivity (Wildman–Crippen MR) is 112 cm³/mol. The third kappa shape index (κ3) is 5.79. The molecule has 0 N–H and O–H groups in total. The fraction of sp³-hybridized carbons (Fsp3) is 0.696. The molecule has 2 saturated heterocycles. The van der Waals surface area contributed by atoms with Gasteiger partial charge in [0.05, 0.1) is 5.92 Å². The van der Waals surface area contributed by atoms with Gasteiger partial charge < -0.3 is 4.90 Å². The molecule has 4 nitrogen and oxygen atoms in total. The molecule has 0 aromatic heterocycles. The normalized spacial score (nSPS) is 22.7. The highest BCUT2D eigenvalue weighted by Crippen LogP contribution is 2.25. The summed E-state index contributed by atoms with van der Waals surface area (Å²) >= 11 is 0. The molecule has 1 atom stereocenters. The van der Waals surface area contributed by atoms with Crippen LogP contribution in [0.1, 0.15) is 51.0 Å². The summed E-state index contributed by atoms with van der Waals surface area (Å²) in [6, 6.07) is 11.5. The Morgan fingerprint density at radius 1 is 1.11 bits per heavy atom. The van der Waals surface area contributed by atoms with E-state index in [4.69, 9.17) is 0 Å². The maximum atomic E-state index is 12.8. The van der Waals surface area contributed by atoms with Crippen molar-refractivity contribution >= 4 is 5.91 Å². The summed E-state index contributed by atoms with van der Waals surface area (Å²) in [5.41, 5.74) is 1.41. The summed E-state index contributed by atoms with van der Waals surface area (Å²) in [5, 5.41) is 0. The van der Waals surface area contributed by atoms with Gasteiger partial charge in [0, 0.05) is 32.7 Å². The second-order valence-corrected chi connectivity index (χ2v) is 8.44. The first-order valence-corrected chi connectivity index (χ1v) is 10.9. The van der Waals surface area contributed by atoms with E-state index in [0.717, 1.165) is 38.9 Å². The van der Waals surface area contributed by atoms with Gasteiger partial charge in [0.2, 0.25) is 5.91 Å². The van der Waals surface area contributed by atoms with E-state index in [1.807, 2.05) is 11.9 Å². The van der Waals surface area contributed by atoms with Gasteiger partial charge in [-0.25, -0.2) is 0 Å². The second kappa shape index (κ2) is 10.2. The number of unbranched alkanes of at least 4 members (excludes halogenated alkanes) is 1. The van der Waals surface area contributed by atoms with Gasteiger partial charge in [-0.15, -0.1) is 0 Å². The van der Waals surface area contributed by atoms with Gasteiger partial charge in [-0.2, -0.15) is 0 Å². The smallest absolute Gasteiger partial charge is 0.226 e. The highest BCUT2D eigenvalue weighted by Gasteiger charge is 2.32. The van der Waals surface area contributed by atoms with Crippen molar-refractivity contribution in [1.82, 2.24) is 14.7 Å². The van der Waals surface area contributed by atoms with Crippen LogP contribution >= 0.6 is 0 Å². The highest BCUT2D eigenvalue weighted by molar-refractivity contribution is 5.78. The number of nitrogens with zero attached hydrogens (tertiary/aromatic N) is 3. The van der Waals surface area contributed by atoms with Crippen LogP contribution in [0.15, 0.2) is 30.3 Å². The molecule has 27 heavy (non-hydrogen) atoms. The number of piperidine rings is 2. The van der Waals surface area contributed by atoms with Gasteiger partial charge in [-0.1, -0.05) is 43.7 Å². The third-order valence-corrected chi connectivity index (χ3v) is 6.35. The predicted octanol–water partition coefficient (Wildman–Crippen LogP) is 3.62. The van der Waals surface area contributed by atoms with E-state index < -0.39 is 0 Å². The summed E-state index contributed by atoms with van der Waals surface area (Å²) in [4.78, 5) is 20.0. The van der Waals surface area contributed by atoms with Crippen molar-refractivity contribution in [2.45, 2.75) is 58.0 Å². The van der Waals surface area contributed by atoms with E-state index in [2.05, 4.69) is 47.1 Å². The number of likely N-dealkylation sites (tertiary alicyclic amines) is 2. The SMILES string of the molecule is CCCCN(C)C(=O)[C@H]1CCCN(C2CCN(Cc3ccccc3)CC2)C1. The monoisotopic (exact) mass is 371 g/mol. The molecule has 3 rings (SSSR count). The number of rotatable bonds is 7. The van der Waals surface area contributed by atoms with E-state index >= 15 is 0 Å². The molecule has 1 amide bonds. The Balaban J connectivity index is 1.46. The molecule has 4 heteroatoms. The number of hydrogen-bond acceptors (Lipinski definition) is 3. The standard InChI is InChI=1S/C23H37N3O/c1-3-4-14-24(2)23(27)21-11-8-15-26(19-21)22-12-16-25(17-13-22)18-20-9-6-5-7-10-20/h5-7,9-10,21-22H,3-4,8,11-19H2,1-2H3/t21-/m0/s1. The Morgan fingerprint density at radius 3 is 2.56 bits per heavy atom. The first kappa shape index (κ1) is 20.3. The van der Waals surface area contributed by atoms with Gasteiger partial charge in [-0.3, -0.25) is 14.6 Å². The lowest BCUT2D eigenvalue weighted by Gasteiger charge is -2.42. The van der Waals surface area contributed by atoms with Crippen molar-refractivity contribution in [2.24, 2.45) is 5.92 Å². The van der Waals surface area contributed by atoms with E-state index in [0.29, 0.717) is 11.9 Å². The van der Waals surface area contributed by atoms with Crippen LogP contribution in [0.4, 0.5) is 0 Å². The minimum absolute atomic E-state index is 0.211. The molecule has 150 valence electrons. The van der Waals surface area contributed by atoms with Gasteiger partial charge in [0.1, 0.15) is 0 Å². The molecule has 2 aliphatic rings. The zero-order valence-electron chi connectivity index (χ0n) is 17.3. The highest BCUT2D eigenvalue weighted by atomic mass is 16.2. The molecule has 2 fully saturated rings. The Bertz CT molecular complexity index is 568. The van der Waals surface area contributed by atoms with E-state index in [9.17, 15) is 4.79 Å². The van der Waals surface area contributed by atoms with Crippen LogP contribution in [0.5, 0.6) is 0 Å². The minimum Gasteiger partial charge on any atom is -0.345 e. The van der Waals surface area contributed by atoms with Crippen LogP contribution in [-0.4, -0.2) is 66.4 Å². The molecule has 1 aromatic rings. The first-order chi connectivity index (χ1) is 13.2. The average Bonchev–Trinajstić information content (AvgIpc) is 2.73. The van der Waals surface area contributed by atoms with Crippen LogP contribution in [0, 0.1) is 5.92 Å². The third-order valence-electron chi connectivity index (χ3n) is 6.35. The number of amides is 1. The zero-order valence-corrected chi connectivity index (χ0v) is 17.3. The maximum absolute atomic E-state index is 12.8. The number of carbonyl (C=O) groups excluding carboxylic acids is 1. The summed E-state index contributed by atoms with van der Waals surface area (Å²) in [6.07, 6.45) is 6.97. The molecule has 2 heterocycles. The number of carbonyl (C=O) groups is 1. The van der Waals surface area contributed by atoms with Crippen molar-refractivity contribution in [3.05, 3.63) is 35.9 Å². The lowest BCUT2D eigenvalue weighted by molar-refractivity contribution is -0.136. The van der Waals surface area contributed by atoms with E-state index in [1.54, 1.807) is 0 Å². The van der Waals surface area contributed by atoms with Crippen molar-refractivity contribution in [3.63, 3.8) is 0 Å². The zero-order chi connectivity index (χ0) is 19.1. The second-order valence-electron chi connectivity index (χ2n) is 8.44. The Hall–Kier alpha value is -1.39. The molecule has 0 radical (unpaired) electrons. The lowest BCUT2D eigenvalue weighted by atomic mass is 9.92. The van der Waals surface area contributed by atoms with Gasteiger partial charge in [-0.05, 0) is 57.3 Å². The molecule has 0 spiro atoms. The Kier molecular flexibility index (Phi) is 7.71. The Labute approximate surface area is 165 Å². The molecule has 0 bridgehead atoms. The van der Waals surface area contributed by atoms with Crippen LogP contribution in [0.2, 0.25) is 0 Å². The van der Waals surface area contributed by atoms with Crippen molar-refractivity contribution in [3.8, 4) is 0 Å². The van der Waals surface area contributed by atoms with Crippen molar-refractivity contribution in [1.29, 1.82) is 0 Å². The van der Waals surface area contributed by atoms with Crippen molar-refractivity contribution in [2.75, 3.05) is 39.8 Å². The molecule has 0 unspecified atom stereocenters. The number of benzene rings is 1. The molecule has 1 aromatic carbocycles. The summed E-state index contributed by atoms with van der Waals surface area (Å²) in [5.74, 6) is 0.581. The minimum atomic E-state index is 0.211. The van der Waals surface area contributed by atoms with Crippen LogP contribution in [0.3, 0.4) is 0 Å². The Morgan fingerprint density at radius 2 is 1.85 bits per heavy atom. The lowest BCUT2D eigenvalue weighted by Crippen LogP contribution is -2.50. The van der Waals surface area contributed by atoms with Gasteiger partial charge in [0.15, 0.2) is 0 Å². The molecule has 0 saturated carbocycles. The summed E-state index contributed by atoms with van der Waals surface area (Å²) in [6.45, 7) is 8.64. The fourth-order valence-corrected chi connectivity index (χ4v) is 4.64. The average molecular weight is 372 g/mol. The van der Waals surface area contributed by atoms with Crippen molar-refractivity contribution < 1.29 is 4.79 Å². The quantitative estimate of drug-likeness (QED) is 0.732. The maximum Gasteiger partial charge on any atom is 0.226 e. The van der Waals surface area contributed by atoms with Gasteiger partial charge in [0.25, 0.3) is 0 Å². The molecule has 2 aliphatic heterocycles. The van der Waals surface area contributed by atoms with E-state index in [1.165, 1.54) is 44.5 Å². The molecule has 0 aliphatic carbocycles. The topological polar surface area (TPSA) is 26.8 Å². The summed E-state index contributed by atoms with van der Waals surface area (Å²) < 4.78 is 0. The largest absolute Gasteiger partial charge is 0.345 e. The molecular weight excluding hydrogens is 334 g/mol. The molecular formula is C23H37N3O.